The molecule has 0 fully saturated rings. The van der Waals surface area contributed by atoms with E-state index in [0.29, 0.717) is 0 Å². The lowest BCUT2D eigenvalue weighted by molar-refractivity contribution is 1.18. The molecule has 2 heteroatoms. The summed E-state index contributed by atoms with van der Waals surface area (Å²) in [6.07, 6.45) is 0. The Bertz CT molecular complexity index is 73.8. The van der Waals surface area contributed by atoms with Gasteiger partial charge in [0.25, 0.3) is 0 Å². The van der Waals surface area contributed by atoms with E-state index in [-0.39, 0.29) is 17.6 Å². The molecule has 72 valence electrons. The predicted molar refractivity (Wildman–Crippen MR) is 63.0 cm³/mol. The normalized spacial score (nSPS) is 11.5. The first-order chi connectivity index (χ1) is 5.78. The van der Waals surface area contributed by atoms with Gasteiger partial charge < -0.3 is 0 Å². The molecule has 0 bridgehead atoms. The molecule has 0 aromatic heterocycles. The smallest absolute Gasteiger partial charge is 0.0470 e. The van der Waals surface area contributed by atoms with Crippen LogP contribution in [-0.4, -0.2) is 17.6 Å². The van der Waals surface area contributed by atoms with Gasteiger partial charge >= 0.3 is 0 Å². The van der Waals surface area contributed by atoms with Gasteiger partial charge in [0.1, 0.15) is 0 Å². The van der Waals surface area contributed by atoms with Gasteiger partial charge in [-0.15, -0.1) is 0 Å². The van der Waals surface area contributed by atoms with Crippen molar-refractivity contribution in [2.45, 2.75) is 64.0 Å². The molecule has 0 aromatic carbocycles. The van der Waals surface area contributed by atoms with Gasteiger partial charge in [-0.3, -0.25) is 0 Å². The molecule has 0 atom stereocenters. The van der Waals surface area contributed by atoms with Gasteiger partial charge in [0, 0.05) is 17.6 Å². The van der Waals surface area contributed by atoms with Crippen LogP contribution in [0.3, 0.4) is 0 Å². The van der Waals surface area contributed by atoms with Crippen molar-refractivity contribution in [2.24, 2.45) is 0 Å². The van der Waals surface area contributed by atoms with Crippen LogP contribution in [0, 0.1) is 0 Å². The summed E-state index contributed by atoms with van der Waals surface area (Å²) in [7, 11) is 0.175. The second-order valence-corrected chi connectivity index (χ2v) is 10.2. The average Bonchev–Trinajstić information content (AvgIpc) is 2.13. The van der Waals surface area contributed by atoms with Gasteiger partial charge in [-0.05, 0) is 0 Å². The first-order valence-electron chi connectivity index (χ1n) is 5.45. The third-order valence-corrected chi connectivity index (χ3v) is 9.25. The molecule has 0 saturated heterocycles. The lowest BCUT2D eigenvalue weighted by atomic mass is 10.9. The first-order valence-corrected chi connectivity index (χ1v) is 9.69. The van der Waals surface area contributed by atoms with Gasteiger partial charge in [-0.25, -0.2) is 0 Å². The second-order valence-electron chi connectivity index (χ2n) is 3.41. The van der Waals surface area contributed by atoms with Crippen LogP contribution in [0.5, 0.6) is 0 Å². The minimum absolute atomic E-state index is 0.0873. The highest BCUT2D eigenvalue weighted by molar-refractivity contribution is 6.64. The largest absolute Gasteiger partial charge is 0.0680 e. The molecule has 0 saturated carbocycles. The lowest BCUT2D eigenvalue weighted by Crippen LogP contribution is -2.15. The Kier molecular flexibility index (Phi) is 8.34. The summed E-state index contributed by atoms with van der Waals surface area (Å²) >= 11 is 0. The highest BCUT2D eigenvalue weighted by Gasteiger charge is 2.10. The van der Waals surface area contributed by atoms with Gasteiger partial charge in [-0.1, -0.05) is 64.0 Å². The molecule has 0 nitrogen and oxygen atoms in total. The van der Waals surface area contributed by atoms with Crippen molar-refractivity contribution in [1.29, 1.82) is 0 Å². The second kappa shape index (κ2) is 8.05. The molecule has 2 radical (unpaired) electrons. The Hall–Kier alpha value is 0.434. The van der Waals surface area contributed by atoms with E-state index in [4.69, 9.17) is 0 Å². The third kappa shape index (κ3) is 5.15. The summed E-state index contributed by atoms with van der Waals surface area (Å²) in [5.74, 6) is 0. The van der Waals surface area contributed by atoms with E-state index in [2.05, 4.69) is 27.7 Å². The maximum absolute atomic E-state index is 2.38. The summed E-state index contributed by atoms with van der Waals surface area (Å²) < 4.78 is 0. The fraction of sp³-hybridized carbons (Fsp3) is 1.00. The molecule has 0 amide bonds. The van der Waals surface area contributed by atoms with Gasteiger partial charge in [-0.2, -0.15) is 0 Å². The van der Waals surface area contributed by atoms with Crippen LogP contribution in [0.4, 0.5) is 0 Å². The number of hydrogen-bond acceptors (Lipinski definition) is 0. The molecule has 0 N–H and O–H groups in total. The third-order valence-electron chi connectivity index (χ3n) is 2.83. The highest BCUT2D eigenvalue weighted by Crippen LogP contribution is 2.14. The molecule has 0 unspecified atom stereocenters. The summed E-state index contributed by atoms with van der Waals surface area (Å²) in [5.41, 5.74) is 0. The molecule has 0 aromatic rings. The van der Waals surface area contributed by atoms with Crippen molar-refractivity contribution in [3.63, 3.8) is 0 Å². The Morgan fingerprint density at radius 1 is 0.583 bits per heavy atom. The van der Waals surface area contributed by atoms with Crippen LogP contribution in [0.15, 0.2) is 0 Å². The number of rotatable bonds is 7. The Balaban J connectivity index is 3.49. The Morgan fingerprint density at radius 3 is 1.00 bits per heavy atom. The first kappa shape index (κ1) is 12.4. The zero-order chi connectivity index (χ0) is 9.40. The fourth-order valence-corrected chi connectivity index (χ4v) is 6.80. The highest BCUT2D eigenvalue weighted by atomic mass is 28.3. The van der Waals surface area contributed by atoms with E-state index in [1.807, 2.05) is 0 Å². The number of hydrogen-bond donors (Lipinski definition) is 0. The molecule has 0 rings (SSSR count). The van der Waals surface area contributed by atoms with E-state index in [1.165, 1.54) is 24.2 Å². The zero-order valence-corrected chi connectivity index (χ0v) is 11.2. The maximum atomic E-state index is 2.38. The average molecular weight is 200 g/mol. The van der Waals surface area contributed by atoms with Crippen LogP contribution in [-0.2, 0) is 0 Å². The molecule has 0 aliphatic carbocycles. The van der Waals surface area contributed by atoms with Crippen molar-refractivity contribution >= 4 is 17.6 Å². The van der Waals surface area contributed by atoms with E-state index in [1.54, 1.807) is 12.1 Å². The van der Waals surface area contributed by atoms with Crippen LogP contribution >= 0.6 is 0 Å². The maximum Gasteiger partial charge on any atom is 0.0470 e. The Labute approximate surface area is 82.0 Å². The summed E-state index contributed by atoms with van der Waals surface area (Å²) in [5, 5.41) is 0. The van der Waals surface area contributed by atoms with Crippen molar-refractivity contribution in [3.05, 3.63) is 0 Å². The standard InChI is InChI=1S/C10H24Si2/c1-5-11(6-2)9-10-12(7-3)8-4/h5-10H2,1-4H3. The quantitative estimate of drug-likeness (QED) is 0.544. The summed E-state index contributed by atoms with van der Waals surface area (Å²) in [4.78, 5) is 0. The summed E-state index contributed by atoms with van der Waals surface area (Å²) in [6, 6.07) is 9.17. The lowest BCUT2D eigenvalue weighted by Gasteiger charge is -2.14. The molecule has 0 heterocycles. The summed E-state index contributed by atoms with van der Waals surface area (Å²) in [6.45, 7) is 9.51. The van der Waals surface area contributed by atoms with E-state index < -0.39 is 0 Å². The monoisotopic (exact) mass is 200 g/mol. The van der Waals surface area contributed by atoms with Crippen LogP contribution in [0.25, 0.3) is 0 Å². The SMILES string of the molecule is CC[Si](CC)CC[Si](CC)CC. The van der Waals surface area contributed by atoms with Crippen LogP contribution < -0.4 is 0 Å². The van der Waals surface area contributed by atoms with Crippen molar-refractivity contribution < 1.29 is 0 Å². The van der Waals surface area contributed by atoms with E-state index in [0.717, 1.165) is 0 Å². The van der Waals surface area contributed by atoms with Gasteiger partial charge in [0.2, 0.25) is 0 Å². The predicted octanol–water partition coefficient (Wildman–Crippen LogP) is 4.06. The molecular weight excluding hydrogens is 176 g/mol. The fourth-order valence-electron chi connectivity index (χ4n) is 1.56. The molecule has 12 heavy (non-hydrogen) atoms. The van der Waals surface area contributed by atoms with E-state index in [9.17, 15) is 0 Å². The Morgan fingerprint density at radius 2 is 0.833 bits per heavy atom. The topological polar surface area (TPSA) is 0 Å². The molecule has 0 aliphatic rings. The van der Waals surface area contributed by atoms with Crippen LogP contribution in [0.1, 0.15) is 27.7 Å². The van der Waals surface area contributed by atoms with Crippen molar-refractivity contribution in [2.75, 3.05) is 0 Å². The van der Waals surface area contributed by atoms with E-state index >= 15 is 0 Å². The minimum atomic E-state index is 0.0873. The van der Waals surface area contributed by atoms with Crippen molar-refractivity contribution in [3.8, 4) is 0 Å². The van der Waals surface area contributed by atoms with Crippen LogP contribution in [0.2, 0.25) is 36.3 Å². The van der Waals surface area contributed by atoms with Crippen molar-refractivity contribution in [1.82, 2.24) is 0 Å². The molecule has 0 aliphatic heterocycles. The minimum Gasteiger partial charge on any atom is -0.0680 e. The van der Waals surface area contributed by atoms with Gasteiger partial charge in [0.05, 0.1) is 0 Å². The molecular formula is C10H24Si2. The molecule has 0 spiro atoms. The zero-order valence-electron chi connectivity index (χ0n) is 9.24. The van der Waals surface area contributed by atoms with Gasteiger partial charge in [0.15, 0.2) is 0 Å².